The van der Waals surface area contributed by atoms with E-state index < -0.39 is 0 Å². The number of halogens is 1. The molecule has 4 heteroatoms. The van der Waals surface area contributed by atoms with E-state index >= 15 is 0 Å². The Morgan fingerprint density at radius 2 is 2.42 bits per heavy atom. The van der Waals surface area contributed by atoms with Crippen molar-refractivity contribution in [1.29, 1.82) is 0 Å². The van der Waals surface area contributed by atoms with Crippen LogP contribution in [0.4, 0.5) is 0 Å². The minimum absolute atomic E-state index is 0.325. The summed E-state index contributed by atoms with van der Waals surface area (Å²) in [4.78, 5) is 0. The molecule has 1 unspecified atom stereocenters. The average Bonchev–Trinajstić information content (AvgIpc) is 2.77. The number of hydrogen-bond acceptors (Lipinski definition) is 2. The minimum Gasteiger partial charge on any atom is -0.387 e. The summed E-state index contributed by atoms with van der Waals surface area (Å²) in [6, 6.07) is 1.88. The number of rotatable bonds is 2. The lowest BCUT2D eigenvalue weighted by atomic mass is 10.2. The normalized spacial score (nSPS) is 19.6. The van der Waals surface area contributed by atoms with Crippen molar-refractivity contribution >= 4 is 15.9 Å². The smallest absolute Gasteiger partial charge is 0.128 e. The Bertz CT molecular complexity index is 293. The van der Waals surface area contributed by atoms with E-state index in [1.807, 2.05) is 13.1 Å². The van der Waals surface area contributed by atoms with Crippen molar-refractivity contribution in [3.63, 3.8) is 0 Å². The first-order valence-electron chi connectivity index (χ1n) is 4.06. The van der Waals surface area contributed by atoms with Gasteiger partial charge in [0.25, 0.3) is 0 Å². The molecule has 1 N–H and O–H groups in total. The second kappa shape index (κ2) is 2.85. The maximum atomic E-state index is 9.77. The van der Waals surface area contributed by atoms with Crippen molar-refractivity contribution in [3.8, 4) is 0 Å². The Morgan fingerprint density at radius 3 is 2.83 bits per heavy atom. The molecule has 2 rings (SSSR count). The zero-order chi connectivity index (χ0) is 8.72. The van der Waals surface area contributed by atoms with E-state index in [1.165, 1.54) is 0 Å². The minimum atomic E-state index is -0.325. The highest BCUT2D eigenvalue weighted by Gasteiger charge is 2.32. The molecule has 1 aromatic heterocycles. The van der Waals surface area contributed by atoms with Gasteiger partial charge in [-0.3, -0.25) is 4.68 Å². The molecule has 1 atom stereocenters. The van der Waals surface area contributed by atoms with Gasteiger partial charge in [0.05, 0.1) is 11.8 Å². The molecule has 66 valence electrons. The van der Waals surface area contributed by atoms with Crippen LogP contribution in [0.15, 0.2) is 10.7 Å². The number of aromatic nitrogens is 2. The topological polar surface area (TPSA) is 38.0 Å². The van der Waals surface area contributed by atoms with Crippen LogP contribution in [0.25, 0.3) is 0 Å². The number of aliphatic hydroxyl groups is 1. The molecule has 1 aliphatic carbocycles. The van der Waals surface area contributed by atoms with Crippen molar-refractivity contribution in [2.75, 3.05) is 0 Å². The first kappa shape index (κ1) is 8.26. The van der Waals surface area contributed by atoms with E-state index in [1.54, 1.807) is 4.68 Å². The molecular formula is C8H11BrN2O. The summed E-state index contributed by atoms with van der Waals surface area (Å²) >= 11 is 3.28. The average molecular weight is 231 g/mol. The fraction of sp³-hybridized carbons (Fsp3) is 0.625. The molecule has 1 heterocycles. The van der Waals surface area contributed by atoms with E-state index in [0.717, 1.165) is 23.1 Å². The molecule has 12 heavy (non-hydrogen) atoms. The Labute approximate surface area is 79.5 Å². The van der Waals surface area contributed by atoms with Crippen molar-refractivity contribution in [2.24, 2.45) is 13.0 Å². The molecule has 0 bridgehead atoms. The van der Waals surface area contributed by atoms with Gasteiger partial charge in [0.1, 0.15) is 4.60 Å². The summed E-state index contributed by atoms with van der Waals surface area (Å²) in [6.45, 7) is 0. The highest BCUT2D eigenvalue weighted by molar-refractivity contribution is 9.10. The van der Waals surface area contributed by atoms with E-state index in [2.05, 4.69) is 21.0 Å². The third kappa shape index (κ3) is 1.41. The second-order valence-corrected chi connectivity index (χ2v) is 4.11. The van der Waals surface area contributed by atoms with Crippen molar-refractivity contribution in [3.05, 3.63) is 16.4 Å². The maximum absolute atomic E-state index is 9.77. The molecule has 0 saturated heterocycles. The largest absolute Gasteiger partial charge is 0.387 e. The van der Waals surface area contributed by atoms with Gasteiger partial charge in [0.2, 0.25) is 0 Å². The molecular weight excluding hydrogens is 220 g/mol. The SMILES string of the molecule is Cn1nc(Br)cc1C(O)C1CC1. The fourth-order valence-corrected chi connectivity index (χ4v) is 1.85. The van der Waals surface area contributed by atoms with Crippen molar-refractivity contribution < 1.29 is 5.11 Å². The standard InChI is InChI=1S/C8H11BrN2O/c1-11-6(4-7(9)10-11)8(12)5-2-3-5/h4-5,8,12H,2-3H2,1H3. The Balaban J connectivity index is 2.25. The maximum Gasteiger partial charge on any atom is 0.128 e. The van der Waals surface area contributed by atoms with Crippen LogP contribution in [-0.2, 0) is 7.05 Å². The highest BCUT2D eigenvalue weighted by atomic mass is 79.9. The van der Waals surface area contributed by atoms with Crippen LogP contribution in [0, 0.1) is 5.92 Å². The first-order chi connectivity index (χ1) is 5.68. The second-order valence-electron chi connectivity index (χ2n) is 3.30. The number of aryl methyl sites for hydroxylation is 1. The zero-order valence-corrected chi connectivity index (χ0v) is 8.45. The van der Waals surface area contributed by atoms with Gasteiger partial charge in [-0.1, -0.05) is 0 Å². The van der Waals surface area contributed by atoms with Crippen LogP contribution >= 0.6 is 15.9 Å². The highest BCUT2D eigenvalue weighted by Crippen LogP contribution is 2.40. The molecule has 0 radical (unpaired) electrons. The lowest BCUT2D eigenvalue weighted by Crippen LogP contribution is -2.06. The van der Waals surface area contributed by atoms with E-state index in [0.29, 0.717) is 5.92 Å². The first-order valence-corrected chi connectivity index (χ1v) is 4.85. The predicted octanol–water partition coefficient (Wildman–Crippen LogP) is 1.63. The van der Waals surface area contributed by atoms with Crippen LogP contribution in [0.1, 0.15) is 24.6 Å². The predicted molar refractivity (Wildman–Crippen MR) is 48.6 cm³/mol. The molecule has 1 aromatic rings. The molecule has 0 aliphatic heterocycles. The number of aliphatic hydroxyl groups excluding tert-OH is 1. The third-order valence-electron chi connectivity index (χ3n) is 2.26. The molecule has 1 saturated carbocycles. The van der Waals surface area contributed by atoms with E-state index in [-0.39, 0.29) is 6.10 Å². The van der Waals surface area contributed by atoms with Crippen LogP contribution in [0.2, 0.25) is 0 Å². The van der Waals surface area contributed by atoms with Gasteiger partial charge in [-0.2, -0.15) is 5.10 Å². The molecule has 0 aromatic carbocycles. The summed E-state index contributed by atoms with van der Waals surface area (Å²) in [5, 5.41) is 13.9. The summed E-state index contributed by atoms with van der Waals surface area (Å²) in [5.74, 6) is 0.465. The Hall–Kier alpha value is -0.350. The van der Waals surface area contributed by atoms with E-state index in [9.17, 15) is 5.11 Å². The van der Waals surface area contributed by atoms with Crippen LogP contribution in [0.5, 0.6) is 0 Å². The summed E-state index contributed by atoms with van der Waals surface area (Å²) < 4.78 is 2.52. The molecule has 0 spiro atoms. The molecule has 1 fully saturated rings. The summed E-state index contributed by atoms with van der Waals surface area (Å²) in [7, 11) is 1.85. The Morgan fingerprint density at radius 1 is 1.75 bits per heavy atom. The molecule has 0 amide bonds. The van der Waals surface area contributed by atoms with Crippen molar-refractivity contribution in [2.45, 2.75) is 18.9 Å². The van der Waals surface area contributed by atoms with Crippen molar-refractivity contribution in [1.82, 2.24) is 9.78 Å². The number of nitrogens with zero attached hydrogens (tertiary/aromatic N) is 2. The van der Waals surface area contributed by atoms with Crippen LogP contribution in [0.3, 0.4) is 0 Å². The number of hydrogen-bond donors (Lipinski definition) is 1. The van der Waals surface area contributed by atoms with Gasteiger partial charge in [0, 0.05) is 7.05 Å². The summed E-state index contributed by atoms with van der Waals surface area (Å²) in [5.41, 5.74) is 0.907. The van der Waals surface area contributed by atoms with Gasteiger partial charge < -0.3 is 5.11 Å². The fourth-order valence-electron chi connectivity index (χ4n) is 1.38. The third-order valence-corrected chi connectivity index (χ3v) is 2.65. The Kier molecular flexibility index (Phi) is 1.96. The zero-order valence-electron chi connectivity index (χ0n) is 6.87. The van der Waals surface area contributed by atoms with Crippen LogP contribution in [-0.4, -0.2) is 14.9 Å². The van der Waals surface area contributed by atoms with Gasteiger partial charge in [0.15, 0.2) is 0 Å². The molecule has 3 nitrogen and oxygen atoms in total. The monoisotopic (exact) mass is 230 g/mol. The lowest BCUT2D eigenvalue weighted by molar-refractivity contribution is 0.144. The lowest BCUT2D eigenvalue weighted by Gasteiger charge is -2.08. The quantitative estimate of drug-likeness (QED) is 0.839. The molecule has 1 aliphatic rings. The van der Waals surface area contributed by atoms with Gasteiger partial charge >= 0.3 is 0 Å². The van der Waals surface area contributed by atoms with Crippen LogP contribution < -0.4 is 0 Å². The van der Waals surface area contributed by atoms with Gasteiger partial charge in [-0.25, -0.2) is 0 Å². The van der Waals surface area contributed by atoms with E-state index in [4.69, 9.17) is 0 Å². The van der Waals surface area contributed by atoms with Gasteiger partial charge in [-0.15, -0.1) is 0 Å². The van der Waals surface area contributed by atoms with Gasteiger partial charge in [-0.05, 0) is 40.8 Å². The summed E-state index contributed by atoms with van der Waals surface area (Å²) in [6.07, 6.45) is 1.96.